The van der Waals surface area contributed by atoms with Gasteiger partial charge in [0.2, 0.25) is 0 Å². The molecule has 1 heterocycles. The van der Waals surface area contributed by atoms with Crippen LogP contribution in [0.4, 0.5) is 8.78 Å². The van der Waals surface area contributed by atoms with E-state index in [-0.39, 0.29) is 24.1 Å². The first-order chi connectivity index (χ1) is 9.60. The Bertz CT molecular complexity index is 562. The normalized spacial score (nSPS) is 12.7. The predicted octanol–water partition coefficient (Wildman–Crippen LogP) is 1.98. The Morgan fingerprint density at radius 3 is 2.90 bits per heavy atom. The molecule has 1 aromatic heterocycles. The highest BCUT2D eigenvalue weighted by molar-refractivity contribution is 5.55. The van der Waals surface area contributed by atoms with Crippen molar-refractivity contribution in [1.29, 1.82) is 0 Å². The average Bonchev–Trinajstić information content (AvgIpc) is 2.88. The van der Waals surface area contributed by atoms with E-state index in [1.54, 1.807) is 12.1 Å². The van der Waals surface area contributed by atoms with Gasteiger partial charge >= 0.3 is 6.61 Å². The molecule has 0 aliphatic carbocycles. The van der Waals surface area contributed by atoms with E-state index < -0.39 is 12.7 Å². The van der Waals surface area contributed by atoms with Gasteiger partial charge in [-0.25, -0.2) is 0 Å². The second kappa shape index (κ2) is 6.40. The van der Waals surface area contributed by atoms with Crippen LogP contribution in [0.5, 0.6) is 5.75 Å². The van der Waals surface area contributed by atoms with Crippen LogP contribution in [0, 0.1) is 0 Å². The molecule has 20 heavy (non-hydrogen) atoms. The van der Waals surface area contributed by atoms with E-state index in [0.29, 0.717) is 5.56 Å². The largest absolute Gasteiger partial charge is 0.435 e. The van der Waals surface area contributed by atoms with Crippen LogP contribution >= 0.6 is 0 Å². The minimum atomic E-state index is -2.89. The molecule has 1 atom stereocenters. The molecule has 0 bridgehead atoms. The number of benzene rings is 1. The van der Waals surface area contributed by atoms with Gasteiger partial charge in [-0.05, 0) is 18.2 Å². The molecule has 0 saturated carbocycles. The lowest BCUT2D eigenvalue weighted by atomic mass is 10.2. The summed E-state index contributed by atoms with van der Waals surface area (Å²) in [6.07, 6.45) is 0. The number of methoxy groups -OCH3 is 1. The van der Waals surface area contributed by atoms with Gasteiger partial charge in [0.25, 0.3) is 5.89 Å². The van der Waals surface area contributed by atoms with Gasteiger partial charge in [0.15, 0.2) is 5.82 Å². The van der Waals surface area contributed by atoms with Crippen molar-refractivity contribution in [3.8, 4) is 17.2 Å². The van der Waals surface area contributed by atoms with Crippen LogP contribution < -0.4 is 10.5 Å². The second-order valence-electron chi connectivity index (χ2n) is 3.93. The number of halogens is 2. The fraction of sp³-hybridized carbons (Fsp3) is 0.333. The summed E-state index contributed by atoms with van der Waals surface area (Å²) in [5.41, 5.74) is 6.22. The number of hydrogen-bond acceptors (Lipinski definition) is 6. The van der Waals surface area contributed by atoms with Crippen molar-refractivity contribution in [1.82, 2.24) is 10.1 Å². The van der Waals surface area contributed by atoms with Gasteiger partial charge in [0, 0.05) is 12.7 Å². The molecule has 8 heteroatoms. The molecule has 1 aromatic carbocycles. The SMILES string of the molecule is COCC(N)c1noc(-c2cccc(OC(F)F)c2)n1. The van der Waals surface area contributed by atoms with E-state index >= 15 is 0 Å². The number of hydrogen-bond donors (Lipinski definition) is 1. The maximum atomic E-state index is 12.1. The minimum Gasteiger partial charge on any atom is -0.435 e. The molecule has 2 aromatic rings. The Morgan fingerprint density at radius 2 is 2.20 bits per heavy atom. The van der Waals surface area contributed by atoms with E-state index in [1.165, 1.54) is 19.2 Å². The number of rotatable bonds is 6. The third-order valence-electron chi connectivity index (χ3n) is 2.43. The zero-order valence-electron chi connectivity index (χ0n) is 10.6. The first-order valence-electron chi connectivity index (χ1n) is 5.73. The molecular formula is C12H13F2N3O3. The lowest BCUT2D eigenvalue weighted by Crippen LogP contribution is -2.17. The van der Waals surface area contributed by atoms with E-state index in [1.807, 2.05) is 0 Å². The van der Waals surface area contributed by atoms with Crippen molar-refractivity contribution in [3.05, 3.63) is 30.1 Å². The smallest absolute Gasteiger partial charge is 0.387 e. The van der Waals surface area contributed by atoms with Crippen LogP contribution in [0.3, 0.4) is 0 Å². The third kappa shape index (κ3) is 3.49. The topological polar surface area (TPSA) is 83.4 Å². The van der Waals surface area contributed by atoms with Gasteiger partial charge < -0.3 is 19.7 Å². The summed E-state index contributed by atoms with van der Waals surface area (Å²) in [5.74, 6) is 0.465. The van der Waals surface area contributed by atoms with Crippen molar-refractivity contribution < 1.29 is 22.8 Å². The number of nitrogens with zero attached hydrogens (tertiary/aromatic N) is 2. The Morgan fingerprint density at radius 1 is 1.40 bits per heavy atom. The number of ether oxygens (including phenoxy) is 2. The monoisotopic (exact) mass is 285 g/mol. The predicted molar refractivity (Wildman–Crippen MR) is 65.2 cm³/mol. The molecule has 2 rings (SSSR count). The first-order valence-corrected chi connectivity index (χ1v) is 5.73. The van der Waals surface area contributed by atoms with Gasteiger partial charge in [-0.1, -0.05) is 11.2 Å². The van der Waals surface area contributed by atoms with Crippen LogP contribution in [0.25, 0.3) is 11.5 Å². The average molecular weight is 285 g/mol. The van der Waals surface area contributed by atoms with Gasteiger partial charge in [-0.2, -0.15) is 13.8 Å². The molecule has 0 saturated heterocycles. The lowest BCUT2D eigenvalue weighted by Gasteiger charge is -2.04. The van der Waals surface area contributed by atoms with Crippen LogP contribution in [0.2, 0.25) is 0 Å². The Balaban J connectivity index is 2.19. The van der Waals surface area contributed by atoms with Crippen molar-refractivity contribution in [2.45, 2.75) is 12.7 Å². The molecule has 0 spiro atoms. The Kier molecular flexibility index (Phi) is 4.59. The quantitative estimate of drug-likeness (QED) is 0.873. The summed E-state index contributed by atoms with van der Waals surface area (Å²) in [6.45, 7) is -2.65. The fourth-order valence-corrected chi connectivity index (χ4v) is 1.56. The summed E-state index contributed by atoms with van der Waals surface area (Å²) >= 11 is 0. The van der Waals surface area contributed by atoms with Gasteiger partial charge in [0.1, 0.15) is 5.75 Å². The zero-order valence-corrected chi connectivity index (χ0v) is 10.6. The van der Waals surface area contributed by atoms with E-state index in [4.69, 9.17) is 15.0 Å². The van der Waals surface area contributed by atoms with Crippen molar-refractivity contribution in [2.75, 3.05) is 13.7 Å². The number of nitrogens with two attached hydrogens (primary N) is 1. The van der Waals surface area contributed by atoms with Crippen LogP contribution in [0.1, 0.15) is 11.9 Å². The molecule has 2 N–H and O–H groups in total. The zero-order chi connectivity index (χ0) is 14.5. The molecule has 108 valence electrons. The fourth-order valence-electron chi connectivity index (χ4n) is 1.56. The summed E-state index contributed by atoms with van der Waals surface area (Å²) < 4.78 is 38.5. The van der Waals surface area contributed by atoms with E-state index in [9.17, 15) is 8.78 Å². The van der Waals surface area contributed by atoms with Crippen molar-refractivity contribution >= 4 is 0 Å². The summed E-state index contributed by atoms with van der Waals surface area (Å²) in [4.78, 5) is 4.09. The van der Waals surface area contributed by atoms with Crippen LogP contribution in [0.15, 0.2) is 28.8 Å². The molecule has 1 unspecified atom stereocenters. The van der Waals surface area contributed by atoms with Crippen molar-refractivity contribution in [3.63, 3.8) is 0 Å². The molecule has 6 nitrogen and oxygen atoms in total. The van der Waals surface area contributed by atoms with Gasteiger partial charge in [-0.15, -0.1) is 0 Å². The summed E-state index contributed by atoms with van der Waals surface area (Å²) in [6, 6.07) is 5.45. The van der Waals surface area contributed by atoms with E-state index in [0.717, 1.165) is 0 Å². The minimum absolute atomic E-state index is 0.0124. The maximum Gasteiger partial charge on any atom is 0.387 e. The molecule has 0 aliphatic heterocycles. The van der Waals surface area contributed by atoms with Gasteiger partial charge in [0.05, 0.1) is 12.6 Å². The van der Waals surface area contributed by atoms with Crippen molar-refractivity contribution in [2.24, 2.45) is 5.73 Å². The van der Waals surface area contributed by atoms with Crippen LogP contribution in [-0.2, 0) is 4.74 Å². The maximum absolute atomic E-state index is 12.1. The molecule has 0 amide bonds. The van der Waals surface area contributed by atoms with Gasteiger partial charge in [-0.3, -0.25) is 0 Å². The molecular weight excluding hydrogens is 272 g/mol. The standard InChI is InChI=1S/C12H13F2N3O3/c1-18-6-9(15)10-16-11(20-17-10)7-3-2-4-8(5-7)19-12(13)14/h2-5,9,12H,6,15H2,1H3. The second-order valence-corrected chi connectivity index (χ2v) is 3.93. The number of alkyl halides is 2. The highest BCUT2D eigenvalue weighted by Gasteiger charge is 2.16. The lowest BCUT2D eigenvalue weighted by molar-refractivity contribution is -0.0498. The summed E-state index contributed by atoms with van der Waals surface area (Å²) in [7, 11) is 1.51. The Labute approximate surface area is 113 Å². The Hall–Kier alpha value is -2.06. The third-order valence-corrected chi connectivity index (χ3v) is 2.43. The molecule has 0 aliphatic rings. The van der Waals surface area contributed by atoms with Crippen LogP contribution in [-0.4, -0.2) is 30.5 Å². The first kappa shape index (κ1) is 14.4. The number of aromatic nitrogens is 2. The highest BCUT2D eigenvalue weighted by atomic mass is 19.3. The summed E-state index contributed by atoms with van der Waals surface area (Å²) in [5, 5.41) is 3.72. The molecule has 0 fully saturated rings. The van der Waals surface area contributed by atoms with E-state index in [2.05, 4.69) is 14.9 Å². The highest BCUT2D eigenvalue weighted by Crippen LogP contribution is 2.24. The molecule has 0 radical (unpaired) electrons.